The molecule has 0 aromatic carbocycles. The van der Waals surface area contributed by atoms with Gasteiger partial charge in [0, 0.05) is 6.20 Å². The number of carbonyl (C=O) groups is 1. The van der Waals surface area contributed by atoms with Crippen molar-refractivity contribution in [3.8, 4) is 0 Å². The fourth-order valence-electron chi connectivity index (χ4n) is 3.23. The highest BCUT2D eigenvalue weighted by molar-refractivity contribution is 5.88. The number of aliphatic hydroxyl groups excluding tert-OH is 2. The number of hydrogen-bond donors (Lipinski definition) is 6. The predicted molar refractivity (Wildman–Crippen MR) is 98.4 cm³/mol. The van der Waals surface area contributed by atoms with Crippen molar-refractivity contribution >= 4 is 5.97 Å². The molecule has 13 nitrogen and oxygen atoms in total. The van der Waals surface area contributed by atoms with E-state index in [1.54, 1.807) is 11.9 Å². The van der Waals surface area contributed by atoms with Crippen molar-refractivity contribution in [2.45, 2.75) is 63.2 Å². The Labute approximate surface area is 174 Å². The lowest BCUT2D eigenvalue weighted by atomic mass is 10.00. The molecule has 1 saturated heterocycles. The fourth-order valence-corrected chi connectivity index (χ4v) is 3.23. The smallest absolute Gasteiger partial charge is 0.345 e. The topological polar surface area (TPSA) is 195 Å². The predicted octanol–water partition coefficient (Wildman–Crippen LogP) is -2.07. The molecule has 0 spiro atoms. The van der Waals surface area contributed by atoms with E-state index in [0.717, 1.165) is 0 Å². The highest BCUT2D eigenvalue weighted by Gasteiger charge is 2.71. The molecule has 2 heterocycles. The van der Waals surface area contributed by atoms with E-state index in [0.29, 0.717) is 12.6 Å². The van der Waals surface area contributed by atoms with Gasteiger partial charge in [0.15, 0.2) is 6.30 Å². The van der Waals surface area contributed by atoms with Crippen LogP contribution >= 0.6 is 0 Å². The van der Waals surface area contributed by atoms with Gasteiger partial charge in [-0.3, -0.25) is 9.78 Å². The lowest BCUT2D eigenvalue weighted by Crippen LogP contribution is -2.70. The lowest BCUT2D eigenvalue weighted by molar-refractivity contribution is -0.428. The largest absolute Gasteiger partial charge is 0.462 e. The summed E-state index contributed by atoms with van der Waals surface area (Å²) in [5, 5.41) is 51.9. The van der Waals surface area contributed by atoms with Gasteiger partial charge >= 0.3 is 17.6 Å². The average Bonchev–Trinajstić information content (AvgIpc) is 2.93. The molecule has 5 atom stereocenters. The van der Waals surface area contributed by atoms with E-state index in [1.807, 2.05) is 0 Å². The molecule has 2 rings (SSSR count). The number of H-pyrrole nitrogens is 1. The third-order valence-corrected chi connectivity index (χ3v) is 4.91. The molecule has 14 heteroatoms. The molecule has 0 amide bonds. The molecule has 31 heavy (non-hydrogen) atoms. The number of hydroxylamine groups is 2. The second kappa shape index (κ2) is 9.52. The van der Waals surface area contributed by atoms with Crippen LogP contribution in [-0.2, 0) is 15.4 Å². The Kier molecular flexibility index (Phi) is 7.70. The van der Waals surface area contributed by atoms with E-state index in [4.69, 9.17) is 4.74 Å². The van der Waals surface area contributed by atoms with Crippen LogP contribution in [0.25, 0.3) is 0 Å². The standard InChI is InChI=1S/C17H26FN3O10/c1-3-5-6-11(18)21(29)16(27)12(23)10(8-22)31-17(16,28)20-7-9(14(25)30-4-2)13(24)19-15(20)26/h7,10-12,22-23,27-29H,3-6,8H2,1-2H3,(H,19,24,26)/t10-,11?,12-,16-,17-/m1/s1. The second-order valence-electron chi connectivity index (χ2n) is 6.93. The van der Waals surface area contributed by atoms with Crippen LogP contribution in [-0.4, -0.2) is 83.7 Å². The number of halogens is 1. The van der Waals surface area contributed by atoms with E-state index >= 15 is 0 Å². The van der Waals surface area contributed by atoms with Crippen LogP contribution in [0.1, 0.15) is 43.5 Å². The number of nitrogens with zero attached hydrogens (tertiary/aromatic N) is 2. The first-order valence-corrected chi connectivity index (χ1v) is 9.56. The Bertz CT molecular complexity index is 907. The number of aromatic nitrogens is 2. The molecule has 176 valence electrons. The summed E-state index contributed by atoms with van der Waals surface area (Å²) in [6.45, 7) is 2.01. The maximum atomic E-state index is 14.6. The Morgan fingerprint density at radius 3 is 2.61 bits per heavy atom. The van der Waals surface area contributed by atoms with Gasteiger partial charge < -0.3 is 35.1 Å². The van der Waals surface area contributed by atoms with Gasteiger partial charge in [0.1, 0.15) is 17.8 Å². The number of hydrogen-bond acceptors (Lipinski definition) is 11. The number of rotatable bonds is 9. The van der Waals surface area contributed by atoms with Crippen molar-refractivity contribution in [1.82, 2.24) is 14.6 Å². The van der Waals surface area contributed by atoms with Crippen molar-refractivity contribution in [2.24, 2.45) is 0 Å². The average molecular weight is 451 g/mol. The number of aromatic amines is 1. The quantitative estimate of drug-likeness (QED) is 0.104. The number of ether oxygens (including phenoxy) is 2. The highest BCUT2D eigenvalue weighted by Crippen LogP contribution is 2.44. The third-order valence-electron chi connectivity index (χ3n) is 4.91. The molecule has 1 aliphatic rings. The Morgan fingerprint density at radius 2 is 2.06 bits per heavy atom. The van der Waals surface area contributed by atoms with E-state index in [1.165, 1.54) is 6.92 Å². The van der Waals surface area contributed by atoms with Crippen LogP contribution < -0.4 is 11.2 Å². The Balaban J connectivity index is 2.68. The Morgan fingerprint density at radius 1 is 1.42 bits per heavy atom. The number of unbranched alkanes of at least 4 members (excludes halogenated alkanes) is 1. The first-order chi connectivity index (χ1) is 14.5. The monoisotopic (exact) mass is 451 g/mol. The summed E-state index contributed by atoms with van der Waals surface area (Å²) in [5.74, 6) is -4.65. The minimum absolute atomic E-state index is 0.0787. The van der Waals surface area contributed by atoms with Crippen LogP contribution in [0.3, 0.4) is 0 Å². The molecular weight excluding hydrogens is 425 g/mol. The number of esters is 1. The summed E-state index contributed by atoms with van der Waals surface area (Å²) in [7, 11) is 0. The summed E-state index contributed by atoms with van der Waals surface area (Å²) >= 11 is 0. The first-order valence-electron chi connectivity index (χ1n) is 9.56. The van der Waals surface area contributed by atoms with Crippen molar-refractivity contribution in [3.63, 3.8) is 0 Å². The van der Waals surface area contributed by atoms with E-state index in [-0.39, 0.29) is 24.0 Å². The van der Waals surface area contributed by atoms with Gasteiger partial charge in [0.2, 0.25) is 5.72 Å². The normalized spacial score (nSPS) is 29.3. The maximum Gasteiger partial charge on any atom is 0.345 e. The summed E-state index contributed by atoms with van der Waals surface area (Å²) in [4.78, 5) is 38.1. The van der Waals surface area contributed by atoms with Gasteiger partial charge in [-0.15, -0.1) is 5.06 Å². The van der Waals surface area contributed by atoms with Gasteiger partial charge in [-0.25, -0.2) is 18.5 Å². The summed E-state index contributed by atoms with van der Waals surface area (Å²) < 4.78 is 24.4. The molecule has 1 fully saturated rings. The fraction of sp³-hybridized carbons (Fsp3) is 0.706. The molecule has 0 saturated carbocycles. The zero-order valence-corrected chi connectivity index (χ0v) is 16.9. The number of nitrogens with one attached hydrogen (secondary N) is 1. The highest BCUT2D eigenvalue weighted by atomic mass is 19.1. The number of aliphatic hydroxyl groups is 4. The van der Waals surface area contributed by atoms with Gasteiger partial charge in [0.05, 0.1) is 13.2 Å². The molecule has 0 aliphatic carbocycles. The van der Waals surface area contributed by atoms with Crippen molar-refractivity contribution in [1.29, 1.82) is 0 Å². The van der Waals surface area contributed by atoms with E-state index < -0.39 is 64.6 Å². The minimum atomic E-state index is -3.45. The second-order valence-corrected chi connectivity index (χ2v) is 6.93. The number of alkyl halides is 1. The lowest BCUT2D eigenvalue weighted by Gasteiger charge is -2.43. The van der Waals surface area contributed by atoms with Crippen molar-refractivity contribution in [2.75, 3.05) is 13.2 Å². The van der Waals surface area contributed by atoms with Gasteiger partial charge in [-0.2, -0.15) is 0 Å². The van der Waals surface area contributed by atoms with Crippen LogP contribution in [0.2, 0.25) is 0 Å². The molecule has 6 N–H and O–H groups in total. The van der Waals surface area contributed by atoms with E-state index in [9.17, 15) is 44.4 Å². The maximum absolute atomic E-state index is 14.6. The zero-order chi connectivity index (χ0) is 23.6. The molecule has 1 aromatic rings. The molecule has 0 radical (unpaired) electrons. The van der Waals surface area contributed by atoms with Crippen LogP contribution in [0.15, 0.2) is 15.8 Å². The van der Waals surface area contributed by atoms with E-state index in [2.05, 4.69) is 4.74 Å². The first kappa shape index (κ1) is 25.1. The van der Waals surface area contributed by atoms with Crippen LogP contribution in [0, 0.1) is 0 Å². The van der Waals surface area contributed by atoms with Crippen molar-refractivity contribution < 1.29 is 44.3 Å². The zero-order valence-electron chi connectivity index (χ0n) is 16.9. The molecule has 1 unspecified atom stereocenters. The van der Waals surface area contributed by atoms with Crippen LogP contribution in [0.5, 0.6) is 0 Å². The van der Waals surface area contributed by atoms with Crippen LogP contribution in [0.4, 0.5) is 4.39 Å². The SMILES string of the molecule is CCCCC(F)N(O)[C@@]1(O)[C@H](O)[C@@H](CO)O[C@@]1(O)n1cc(C(=O)OCC)c(=O)[nH]c1=O. The molecule has 1 aromatic heterocycles. The van der Waals surface area contributed by atoms with Gasteiger partial charge in [-0.1, -0.05) is 13.3 Å². The molecule has 0 bridgehead atoms. The minimum Gasteiger partial charge on any atom is -0.462 e. The number of carbonyl (C=O) groups excluding carboxylic acids is 1. The third kappa shape index (κ3) is 4.15. The van der Waals surface area contributed by atoms with Gasteiger partial charge in [0.25, 0.3) is 5.56 Å². The molecule has 1 aliphatic heterocycles. The van der Waals surface area contributed by atoms with Gasteiger partial charge in [-0.05, 0) is 19.8 Å². The van der Waals surface area contributed by atoms with Crippen molar-refractivity contribution in [3.05, 3.63) is 32.6 Å². The Hall–Kier alpha value is -2.20. The summed E-state index contributed by atoms with van der Waals surface area (Å²) in [6, 6.07) is 0. The summed E-state index contributed by atoms with van der Waals surface area (Å²) in [5.41, 5.74) is -6.88. The summed E-state index contributed by atoms with van der Waals surface area (Å²) in [6.07, 6.45) is -5.59. The molecular formula is C17H26FN3O10.